The Bertz CT molecular complexity index is 801. The van der Waals surface area contributed by atoms with Gasteiger partial charge in [0.2, 0.25) is 0 Å². The number of nitrogens with one attached hydrogen (secondary N) is 2. The highest BCUT2D eigenvalue weighted by atomic mass is 35.5. The molecule has 0 unspecified atom stereocenters. The SMILES string of the molecule is COc1ccc(N(CCCNC(=O)C(Cl)Cl)C(=O)Nc2cccc(Cl)c2)cc1. The maximum atomic E-state index is 12.8. The standard InChI is InChI=1S/C19H20Cl3N3O3/c1-28-16-8-6-15(7-9-16)25(11-3-10-23-18(26)17(21)22)19(27)24-14-5-2-4-13(20)12-14/h2,4-9,12,17H,3,10-11H2,1H3,(H,23,26)(H,24,27). The van der Waals surface area contributed by atoms with Crippen LogP contribution in [0.15, 0.2) is 48.5 Å². The Balaban J connectivity index is 2.08. The monoisotopic (exact) mass is 443 g/mol. The molecule has 0 atom stereocenters. The Hall–Kier alpha value is -2.15. The lowest BCUT2D eigenvalue weighted by Gasteiger charge is -2.24. The van der Waals surface area contributed by atoms with Crippen LogP contribution in [0.1, 0.15) is 6.42 Å². The van der Waals surface area contributed by atoms with E-state index in [4.69, 9.17) is 39.5 Å². The Labute approximate surface area is 178 Å². The van der Waals surface area contributed by atoms with E-state index in [2.05, 4.69) is 10.6 Å². The van der Waals surface area contributed by atoms with Crippen molar-refractivity contribution in [2.45, 2.75) is 11.3 Å². The molecule has 150 valence electrons. The number of ether oxygens (including phenoxy) is 1. The van der Waals surface area contributed by atoms with E-state index in [1.807, 2.05) is 0 Å². The van der Waals surface area contributed by atoms with Gasteiger partial charge in [-0.05, 0) is 48.9 Å². The molecule has 0 bridgehead atoms. The molecule has 0 saturated carbocycles. The van der Waals surface area contributed by atoms with Gasteiger partial charge in [0, 0.05) is 29.5 Å². The number of alkyl halides is 2. The molecular formula is C19H20Cl3N3O3. The van der Waals surface area contributed by atoms with E-state index in [1.54, 1.807) is 60.5 Å². The molecule has 28 heavy (non-hydrogen) atoms. The minimum atomic E-state index is -1.12. The Morgan fingerprint density at radius 3 is 2.46 bits per heavy atom. The number of carbonyl (C=O) groups excluding carboxylic acids is 2. The molecule has 2 N–H and O–H groups in total. The highest BCUT2D eigenvalue weighted by Gasteiger charge is 2.17. The summed E-state index contributed by atoms with van der Waals surface area (Å²) in [5.74, 6) is 0.212. The van der Waals surface area contributed by atoms with Gasteiger partial charge in [-0.25, -0.2) is 4.79 Å². The topological polar surface area (TPSA) is 70.7 Å². The normalized spacial score (nSPS) is 10.5. The Morgan fingerprint density at radius 1 is 1.14 bits per heavy atom. The van der Waals surface area contributed by atoms with Gasteiger partial charge >= 0.3 is 6.03 Å². The quantitative estimate of drug-likeness (QED) is 0.458. The molecule has 2 aromatic rings. The predicted molar refractivity (Wildman–Crippen MR) is 114 cm³/mol. The maximum absolute atomic E-state index is 12.8. The molecular weight excluding hydrogens is 425 g/mol. The molecule has 2 rings (SSSR count). The van der Waals surface area contributed by atoms with Crippen molar-refractivity contribution in [3.8, 4) is 5.75 Å². The molecule has 0 aliphatic heterocycles. The van der Waals surface area contributed by atoms with Gasteiger partial charge in [0.15, 0.2) is 4.84 Å². The molecule has 2 aromatic carbocycles. The average Bonchev–Trinajstić information content (AvgIpc) is 2.67. The molecule has 9 heteroatoms. The first-order valence-corrected chi connectivity index (χ1v) is 9.70. The number of carbonyl (C=O) groups is 2. The third kappa shape index (κ3) is 6.78. The van der Waals surface area contributed by atoms with Crippen molar-refractivity contribution in [1.82, 2.24) is 5.32 Å². The van der Waals surface area contributed by atoms with Crippen LogP contribution < -0.4 is 20.3 Å². The van der Waals surface area contributed by atoms with Gasteiger partial charge in [0.25, 0.3) is 5.91 Å². The van der Waals surface area contributed by atoms with E-state index in [1.165, 1.54) is 0 Å². The van der Waals surface area contributed by atoms with Crippen LogP contribution in [0.4, 0.5) is 16.2 Å². The second-order valence-electron chi connectivity index (χ2n) is 5.74. The van der Waals surface area contributed by atoms with Crippen molar-refractivity contribution in [3.05, 3.63) is 53.6 Å². The van der Waals surface area contributed by atoms with Crippen molar-refractivity contribution < 1.29 is 14.3 Å². The first-order chi connectivity index (χ1) is 13.4. The summed E-state index contributed by atoms with van der Waals surface area (Å²) in [5.41, 5.74) is 1.26. The minimum Gasteiger partial charge on any atom is -0.497 e. The van der Waals surface area contributed by atoms with Gasteiger partial charge in [-0.3, -0.25) is 9.69 Å². The Morgan fingerprint density at radius 2 is 1.86 bits per heavy atom. The van der Waals surface area contributed by atoms with Crippen molar-refractivity contribution in [2.75, 3.05) is 30.4 Å². The first-order valence-electron chi connectivity index (χ1n) is 8.44. The summed E-state index contributed by atoms with van der Waals surface area (Å²) >= 11 is 17.0. The van der Waals surface area contributed by atoms with Crippen molar-refractivity contribution >= 4 is 58.1 Å². The van der Waals surface area contributed by atoms with Crippen molar-refractivity contribution in [1.29, 1.82) is 0 Å². The average molecular weight is 445 g/mol. The van der Waals surface area contributed by atoms with Gasteiger partial charge in [-0.2, -0.15) is 0 Å². The first kappa shape index (κ1) is 22.1. The number of amides is 3. The number of rotatable bonds is 8. The van der Waals surface area contributed by atoms with E-state index >= 15 is 0 Å². The molecule has 0 aliphatic rings. The number of benzene rings is 2. The molecule has 0 aromatic heterocycles. The Kier molecular flexibility index (Phi) is 8.70. The van der Waals surface area contributed by atoms with Gasteiger partial charge in [0.05, 0.1) is 7.11 Å². The van der Waals surface area contributed by atoms with Gasteiger partial charge in [-0.1, -0.05) is 40.9 Å². The van der Waals surface area contributed by atoms with Gasteiger partial charge in [-0.15, -0.1) is 0 Å². The molecule has 0 heterocycles. The van der Waals surface area contributed by atoms with E-state index in [0.717, 1.165) is 0 Å². The number of methoxy groups -OCH3 is 1. The van der Waals surface area contributed by atoms with Crippen molar-refractivity contribution in [3.63, 3.8) is 0 Å². The fourth-order valence-corrected chi connectivity index (χ4v) is 2.74. The summed E-state index contributed by atoms with van der Waals surface area (Å²) in [6, 6.07) is 13.6. The van der Waals surface area contributed by atoms with E-state index in [0.29, 0.717) is 41.7 Å². The third-order valence-electron chi connectivity index (χ3n) is 3.76. The summed E-state index contributed by atoms with van der Waals surface area (Å²) in [5, 5.41) is 5.95. The maximum Gasteiger partial charge on any atom is 0.326 e. The number of urea groups is 1. The van der Waals surface area contributed by atoms with Crippen LogP contribution in [0.3, 0.4) is 0 Å². The molecule has 0 spiro atoms. The summed E-state index contributed by atoms with van der Waals surface area (Å²) in [4.78, 5) is 24.7. The number of nitrogens with zero attached hydrogens (tertiary/aromatic N) is 1. The molecule has 0 aliphatic carbocycles. The molecule has 0 fully saturated rings. The summed E-state index contributed by atoms with van der Waals surface area (Å²) in [7, 11) is 1.57. The lowest BCUT2D eigenvalue weighted by Crippen LogP contribution is -2.38. The van der Waals surface area contributed by atoms with Crippen LogP contribution >= 0.6 is 34.8 Å². The number of anilines is 2. The van der Waals surface area contributed by atoms with Crippen molar-refractivity contribution in [2.24, 2.45) is 0 Å². The van der Waals surface area contributed by atoms with Crippen LogP contribution in [-0.2, 0) is 4.79 Å². The van der Waals surface area contributed by atoms with E-state index < -0.39 is 10.7 Å². The van der Waals surface area contributed by atoms with E-state index in [-0.39, 0.29) is 6.03 Å². The van der Waals surface area contributed by atoms with Crippen LogP contribution in [-0.4, -0.2) is 37.0 Å². The number of halogens is 3. The van der Waals surface area contributed by atoms with Crippen LogP contribution in [0.2, 0.25) is 5.02 Å². The zero-order valence-corrected chi connectivity index (χ0v) is 17.4. The predicted octanol–water partition coefficient (Wildman–Crippen LogP) is 4.70. The largest absolute Gasteiger partial charge is 0.497 e. The van der Waals surface area contributed by atoms with Crippen LogP contribution in [0.25, 0.3) is 0 Å². The van der Waals surface area contributed by atoms with Crippen LogP contribution in [0, 0.1) is 0 Å². The zero-order valence-electron chi connectivity index (χ0n) is 15.1. The lowest BCUT2D eigenvalue weighted by atomic mass is 10.2. The van der Waals surface area contributed by atoms with Gasteiger partial charge < -0.3 is 15.4 Å². The lowest BCUT2D eigenvalue weighted by molar-refractivity contribution is -0.119. The highest BCUT2D eigenvalue weighted by Crippen LogP contribution is 2.21. The molecule has 0 radical (unpaired) electrons. The summed E-state index contributed by atoms with van der Waals surface area (Å²) in [6.45, 7) is 0.681. The second kappa shape index (κ2) is 11.0. The number of hydrogen-bond donors (Lipinski definition) is 2. The molecule has 6 nitrogen and oxygen atoms in total. The van der Waals surface area contributed by atoms with Crippen LogP contribution in [0.5, 0.6) is 5.75 Å². The summed E-state index contributed by atoms with van der Waals surface area (Å²) in [6.07, 6.45) is 0.501. The zero-order chi connectivity index (χ0) is 20.5. The second-order valence-corrected chi connectivity index (χ2v) is 7.27. The van der Waals surface area contributed by atoms with Gasteiger partial charge in [0.1, 0.15) is 5.75 Å². The molecule has 3 amide bonds. The van der Waals surface area contributed by atoms with E-state index in [9.17, 15) is 9.59 Å². The fourth-order valence-electron chi connectivity index (χ4n) is 2.39. The smallest absolute Gasteiger partial charge is 0.326 e. The molecule has 0 saturated heterocycles. The summed E-state index contributed by atoms with van der Waals surface area (Å²) < 4.78 is 5.16. The fraction of sp³-hybridized carbons (Fsp3) is 0.263. The number of hydrogen-bond acceptors (Lipinski definition) is 3. The third-order valence-corrected chi connectivity index (χ3v) is 4.39. The minimum absolute atomic E-state index is 0.325. The highest BCUT2D eigenvalue weighted by molar-refractivity contribution is 6.53.